The van der Waals surface area contributed by atoms with Crippen LogP contribution in [0, 0.1) is 6.92 Å². The molecule has 0 radical (unpaired) electrons. The quantitative estimate of drug-likeness (QED) is 0.634. The fourth-order valence-corrected chi connectivity index (χ4v) is 3.37. The zero-order valence-corrected chi connectivity index (χ0v) is 16.3. The zero-order valence-electron chi connectivity index (χ0n) is 16.3. The molecule has 3 rings (SSSR count). The highest BCUT2D eigenvalue weighted by Crippen LogP contribution is 2.36. The first-order chi connectivity index (χ1) is 14.4. The van der Waals surface area contributed by atoms with Gasteiger partial charge >= 0.3 is 12.4 Å². The van der Waals surface area contributed by atoms with Gasteiger partial charge < -0.3 is 10.2 Å². The van der Waals surface area contributed by atoms with Crippen LogP contribution in [0.15, 0.2) is 36.4 Å². The summed E-state index contributed by atoms with van der Waals surface area (Å²) < 4.78 is 78.2. The summed E-state index contributed by atoms with van der Waals surface area (Å²) in [5, 5.41) is 2.33. The molecule has 1 heterocycles. The molecule has 0 atom stereocenters. The van der Waals surface area contributed by atoms with Crippen LogP contribution in [0.1, 0.15) is 50.2 Å². The summed E-state index contributed by atoms with van der Waals surface area (Å²) in [5.41, 5.74) is -3.15. The van der Waals surface area contributed by atoms with Crippen molar-refractivity contribution in [1.29, 1.82) is 0 Å². The first-order valence-electron chi connectivity index (χ1n) is 9.37. The minimum absolute atomic E-state index is 0.0443. The maximum absolute atomic E-state index is 13.0. The molecule has 0 saturated carbocycles. The van der Waals surface area contributed by atoms with E-state index in [2.05, 4.69) is 5.32 Å². The molecular formula is C21H18F6N2O2. The van der Waals surface area contributed by atoms with Gasteiger partial charge in [0, 0.05) is 29.9 Å². The summed E-state index contributed by atoms with van der Waals surface area (Å²) in [5.74, 6) is -1.39. The Kier molecular flexibility index (Phi) is 6.02. The number of anilines is 1. The second kappa shape index (κ2) is 8.24. The predicted molar refractivity (Wildman–Crippen MR) is 101 cm³/mol. The molecule has 0 bridgehead atoms. The van der Waals surface area contributed by atoms with Gasteiger partial charge in [0.2, 0.25) is 0 Å². The van der Waals surface area contributed by atoms with Crippen molar-refractivity contribution in [3.8, 4) is 0 Å². The third-order valence-electron chi connectivity index (χ3n) is 5.06. The molecular weight excluding hydrogens is 426 g/mol. The molecule has 0 aliphatic carbocycles. The third-order valence-corrected chi connectivity index (χ3v) is 5.06. The molecule has 0 spiro atoms. The van der Waals surface area contributed by atoms with Crippen molar-refractivity contribution in [2.45, 2.75) is 32.1 Å². The number of halogens is 6. The Morgan fingerprint density at radius 2 is 1.45 bits per heavy atom. The molecule has 31 heavy (non-hydrogen) atoms. The maximum Gasteiger partial charge on any atom is 0.416 e. The Morgan fingerprint density at radius 3 is 1.97 bits per heavy atom. The first kappa shape index (κ1) is 22.6. The van der Waals surface area contributed by atoms with Gasteiger partial charge in [0.1, 0.15) is 0 Å². The standard InChI is InChI=1S/C21H18F6N2O2/c1-12-16(19(31)29-7-2-3-8-29)5-4-6-17(12)28-18(30)13-9-14(20(22,23)24)11-15(10-13)21(25,26)27/h4-6,9-11H,2-3,7-8H2,1H3,(H,28,30). The summed E-state index contributed by atoms with van der Waals surface area (Å²) in [6, 6.07) is 5.14. The van der Waals surface area contributed by atoms with E-state index >= 15 is 0 Å². The van der Waals surface area contributed by atoms with Gasteiger partial charge in [-0.15, -0.1) is 0 Å². The van der Waals surface area contributed by atoms with Gasteiger partial charge in [-0.3, -0.25) is 9.59 Å². The number of carbonyl (C=O) groups is 2. The van der Waals surface area contributed by atoms with Crippen LogP contribution in [0.2, 0.25) is 0 Å². The fourth-order valence-electron chi connectivity index (χ4n) is 3.37. The molecule has 4 nitrogen and oxygen atoms in total. The first-order valence-corrected chi connectivity index (χ1v) is 9.37. The van der Waals surface area contributed by atoms with Crippen LogP contribution in [0.5, 0.6) is 0 Å². The van der Waals surface area contributed by atoms with Crippen molar-refractivity contribution < 1.29 is 35.9 Å². The molecule has 2 aromatic rings. The van der Waals surface area contributed by atoms with Gasteiger partial charge in [0.15, 0.2) is 0 Å². The number of alkyl halides is 6. The molecule has 2 aromatic carbocycles. The Bertz CT molecular complexity index is 976. The smallest absolute Gasteiger partial charge is 0.339 e. The average Bonchev–Trinajstić information content (AvgIpc) is 3.22. The SMILES string of the molecule is Cc1c(NC(=O)c2cc(C(F)(F)F)cc(C(F)(F)F)c2)cccc1C(=O)N1CCCC1. The van der Waals surface area contributed by atoms with E-state index in [1.807, 2.05) is 0 Å². The van der Waals surface area contributed by atoms with Gasteiger partial charge in [-0.05, 0) is 55.7 Å². The van der Waals surface area contributed by atoms with Crippen LogP contribution < -0.4 is 5.32 Å². The molecule has 1 fully saturated rings. The summed E-state index contributed by atoms with van der Waals surface area (Å²) >= 11 is 0. The van der Waals surface area contributed by atoms with Gasteiger partial charge in [-0.2, -0.15) is 26.3 Å². The van der Waals surface area contributed by atoms with Gasteiger partial charge in [-0.25, -0.2) is 0 Å². The van der Waals surface area contributed by atoms with Crippen molar-refractivity contribution in [3.63, 3.8) is 0 Å². The lowest BCUT2D eigenvalue weighted by Crippen LogP contribution is -2.28. The van der Waals surface area contributed by atoms with Crippen LogP contribution in [0.25, 0.3) is 0 Å². The van der Waals surface area contributed by atoms with E-state index in [1.165, 1.54) is 12.1 Å². The zero-order chi connectivity index (χ0) is 23.0. The van der Waals surface area contributed by atoms with Crippen LogP contribution in [0.3, 0.4) is 0 Å². The van der Waals surface area contributed by atoms with Crippen molar-refractivity contribution >= 4 is 17.5 Å². The number of amides is 2. The van der Waals surface area contributed by atoms with Crippen molar-refractivity contribution in [2.24, 2.45) is 0 Å². The lowest BCUT2D eigenvalue weighted by Gasteiger charge is -2.19. The number of hydrogen-bond acceptors (Lipinski definition) is 2. The minimum Gasteiger partial charge on any atom is -0.339 e. The fraction of sp³-hybridized carbons (Fsp3) is 0.333. The largest absolute Gasteiger partial charge is 0.416 e. The lowest BCUT2D eigenvalue weighted by molar-refractivity contribution is -0.143. The molecule has 0 unspecified atom stereocenters. The maximum atomic E-state index is 13.0. The number of rotatable bonds is 3. The number of hydrogen-bond donors (Lipinski definition) is 1. The molecule has 0 aromatic heterocycles. The van der Waals surface area contributed by atoms with E-state index in [4.69, 9.17) is 0 Å². The Hall–Kier alpha value is -3.04. The summed E-state index contributed by atoms with van der Waals surface area (Å²) in [6.45, 7) is 2.74. The molecule has 166 valence electrons. The normalized spacial score (nSPS) is 14.6. The highest BCUT2D eigenvalue weighted by molar-refractivity contribution is 6.06. The molecule has 1 aliphatic heterocycles. The molecule has 1 aliphatic rings. The van der Waals surface area contributed by atoms with Crippen LogP contribution in [0.4, 0.5) is 32.0 Å². The van der Waals surface area contributed by atoms with E-state index in [1.54, 1.807) is 17.9 Å². The van der Waals surface area contributed by atoms with E-state index in [9.17, 15) is 35.9 Å². The van der Waals surface area contributed by atoms with E-state index in [-0.39, 0.29) is 17.7 Å². The average molecular weight is 444 g/mol. The summed E-state index contributed by atoms with van der Waals surface area (Å²) in [7, 11) is 0. The van der Waals surface area contributed by atoms with Gasteiger partial charge in [0.05, 0.1) is 11.1 Å². The number of carbonyl (C=O) groups excluding carboxylic acids is 2. The summed E-state index contributed by atoms with van der Waals surface area (Å²) in [4.78, 5) is 26.8. The number of nitrogens with zero attached hydrogens (tertiary/aromatic N) is 1. The highest BCUT2D eigenvalue weighted by Gasteiger charge is 2.37. The monoisotopic (exact) mass is 444 g/mol. The number of likely N-dealkylation sites (tertiary alicyclic amines) is 1. The summed E-state index contributed by atoms with van der Waals surface area (Å²) in [6.07, 6.45) is -8.38. The molecule has 1 saturated heterocycles. The van der Waals surface area contributed by atoms with Crippen LogP contribution >= 0.6 is 0 Å². The second-order valence-electron chi connectivity index (χ2n) is 7.23. The van der Waals surface area contributed by atoms with E-state index in [0.717, 1.165) is 12.8 Å². The van der Waals surface area contributed by atoms with Gasteiger partial charge in [-0.1, -0.05) is 6.07 Å². The Balaban J connectivity index is 1.93. The van der Waals surface area contributed by atoms with Crippen molar-refractivity contribution in [3.05, 3.63) is 64.2 Å². The van der Waals surface area contributed by atoms with Crippen LogP contribution in [-0.2, 0) is 12.4 Å². The second-order valence-corrected chi connectivity index (χ2v) is 7.23. The third kappa shape index (κ3) is 5.00. The number of benzene rings is 2. The predicted octanol–water partition coefficient (Wildman–Crippen LogP) is 5.52. The minimum atomic E-state index is -5.06. The Labute approximate surface area is 173 Å². The van der Waals surface area contributed by atoms with E-state index in [0.29, 0.717) is 36.3 Å². The van der Waals surface area contributed by atoms with E-state index < -0.39 is 35.0 Å². The highest BCUT2D eigenvalue weighted by atomic mass is 19.4. The van der Waals surface area contributed by atoms with Crippen molar-refractivity contribution in [1.82, 2.24) is 4.90 Å². The van der Waals surface area contributed by atoms with Crippen LogP contribution in [-0.4, -0.2) is 29.8 Å². The van der Waals surface area contributed by atoms with Gasteiger partial charge in [0.25, 0.3) is 11.8 Å². The molecule has 2 amide bonds. The lowest BCUT2D eigenvalue weighted by atomic mass is 10.0. The number of nitrogens with one attached hydrogen (secondary N) is 1. The molecule has 10 heteroatoms. The topological polar surface area (TPSA) is 49.4 Å². The molecule has 1 N–H and O–H groups in total. The van der Waals surface area contributed by atoms with Crippen molar-refractivity contribution in [2.75, 3.05) is 18.4 Å². The Morgan fingerprint density at radius 1 is 0.903 bits per heavy atom.